The van der Waals surface area contributed by atoms with Crippen molar-refractivity contribution >= 4 is 23.9 Å². The van der Waals surface area contributed by atoms with Crippen molar-refractivity contribution in [1.29, 1.82) is 0 Å². The average molecular weight is 701 g/mol. The molecule has 0 amide bonds. The highest BCUT2D eigenvalue weighted by Gasteiger charge is 2.53. The van der Waals surface area contributed by atoms with E-state index >= 15 is 0 Å². The molecule has 264 valence electrons. The summed E-state index contributed by atoms with van der Waals surface area (Å²) in [6, 6.07) is 42.6. The van der Waals surface area contributed by atoms with Crippen LogP contribution in [0.5, 0.6) is 0 Å². The second kappa shape index (κ2) is 17.7. The van der Waals surface area contributed by atoms with Gasteiger partial charge in [0.2, 0.25) is 0 Å². The number of hydrogen-bond donors (Lipinski definition) is 0. The molecule has 0 radical (unpaired) electrons. The van der Waals surface area contributed by atoms with Crippen LogP contribution in [0.15, 0.2) is 152 Å². The fraction of sp³-hybridized carbons (Fsp3) is 0.190. The summed E-state index contributed by atoms with van der Waals surface area (Å²) in [6.45, 7) is -0.323. The molecule has 1 aliphatic heterocycles. The number of esters is 4. The first-order valence-electron chi connectivity index (χ1n) is 16.8. The van der Waals surface area contributed by atoms with Crippen LogP contribution in [0.4, 0.5) is 0 Å². The molecule has 1 fully saturated rings. The summed E-state index contributed by atoms with van der Waals surface area (Å²) in [4.78, 5) is 54.0. The molecule has 10 heteroatoms. The first-order chi connectivity index (χ1) is 25.5. The monoisotopic (exact) mass is 700 g/mol. The van der Waals surface area contributed by atoms with E-state index in [9.17, 15) is 19.2 Å². The molecule has 10 nitrogen and oxygen atoms in total. The molecule has 0 aliphatic carbocycles. The molecule has 1 saturated heterocycles. The molecule has 0 saturated carbocycles. The van der Waals surface area contributed by atoms with Crippen molar-refractivity contribution in [1.82, 2.24) is 0 Å². The van der Waals surface area contributed by atoms with E-state index in [4.69, 9.17) is 28.4 Å². The van der Waals surface area contributed by atoms with Crippen LogP contribution < -0.4 is 0 Å². The third-order valence-electron chi connectivity index (χ3n) is 8.25. The minimum atomic E-state index is -1.48. The number of carbonyl (C=O) groups is 4. The Bertz CT molecular complexity index is 1900. The lowest BCUT2D eigenvalue weighted by molar-refractivity contribution is -0.298. The number of carbonyl (C=O) groups excluding carboxylic acids is 4. The molecule has 0 bridgehead atoms. The summed E-state index contributed by atoms with van der Waals surface area (Å²) in [5, 5.41) is 0. The number of ether oxygens (including phenoxy) is 6. The Morgan fingerprint density at radius 2 is 0.846 bits per heavy atom. The topological polar surface area (TPSA) is 124 Å². The van der Waals surface area contributed by atoms with E-state index in [-0.39, 0.29) is 28.9 Å². The third kappa shape index (κ3) is 9.36. The molecule has 1 unspecified atom stereocenters. The molecule has 5 aromatic rings. The van der Waals surface area contributed by atoms with E-state index in [0.29, 0.717) is 6.42 Å². The van der Waals surface area contributed by atoms with Gasteiger partial charge in [0.05, 0.1) is 28.9 Å². The highest BCUT2D eigenvalue weighted by Crippen LogP contribution is 2.32. The van der Waals surface area contributed by atoms with Crippen LogP contribution in [0, 0.1) is 0 Å². The van der Waals surface area contributed by atoms with E-state index in [1.54, 1.807) is 121 Å². The van der Waals surface area contributed by atoms with Crippen molar-refractivity contribution in [2.75, 3.05) is 13.2 Å². The summed E-state index contributed by atoms with van der Waals surface area (Å²) in [6.07, 6.45) is -6.48. The molecule has 0 aromatic heterocycles. The Hall–Kier alpha value is -6.10. The summed E-state index contributed by atoms with van der Waals surface area (Å²) in [7, 11) is 0. The molecule has 1 heterocycles. The normalized spacial score (nSPS) is 19.5. The lowest BCUT2D eigenvalue weighted by atomic mass is 9.97. The standard InChI is InChI=1S/C42H36O10/c43-38(30-18-8-2-9-19-30)48-28-34-35(50-39(44)31-20-10-3-11-21-31)36(51-40(45)32-22-12-4-13-23-32)37(52-41(46)33-24-14-5-15-25-33)42(49-34)47-27-26-29-16-6-1-7-17-29/h1-25,34-37,42H,26-28H2/t34-,35-,36+,37+,42?/m1/s1. The van der Waals surface area contributed by atoms with Crippen molar-refractivity contribution in [3.05, 3.63) is 179 Å². The Kier molecular flexibility index (Phi) is 12.2. The summed E-state index contributed by atoms with van der Waals surface area (Å²) < 4.78 is 36.5. The van der Waals surface area contributed by atoms with Gasteiger partial charge >= 0.3 is 23.9 Å². The maximum absolute atomic E-state index is 13.7. The maximum Gasteiger partial charge on any atom is 0.338 e. The van der Waals surface area contributed by atoms with Gasteiger partial charge in [-0.3, -0.25) is 0 Å². The zero-order chi connectivity index (χ0) is 36.1. The van der Waals surface area contributed by atoms with Crippen LogP contribution in [0.3, 0.4) is 0 Å². The molecule has 5 atom stereocenters. The molecule has 52 heavy (non-hydrogen) atoms. The van der Waals surface area contributed by atoms with E-state index in [1.807, 2.05) is 30.3 Å². The molecular formula is C42H36O10. The number of rotatable bonds is 13. The van der Waals surface area contributed by atoms with Crippen LogP contribution >= 0.6 is 0 Å². The van der Waals surface area contributed by atoms with Crippen molar-refractivity contribution in [2.24, 2.45) is 0 Å². The van der Waals surface area contributed by atoms with Gasteiger partial charge in [0, 0.05) is 0 Å². The summed E-state index contributed by atoms with van der Waals surface area (Å²) >= 11 is 0. The highest BCUT2D eigenvalue weighted by molar-refractivity contribution is 5.91. The summed E-state index contributed by atoms with van der Waals surface area (Å²) in [5.74, 6) is -2.97. The van der Waals surface area contributed by atoms with E-state index in [1.165, 1.54) is 0 Å². The Balaban J connectivity index is 1.37. The molecule has 1 aliphatic rings. The zero-order valence-corrected chi connectivity index (χ0v) is 28.0. The molecule has 5 aromatic carbocycles. The van der Waals surface area contributed by atoms with Crippen LogP contribution in [0.1, 0.15) is 47.0 Å². The smallest absolute Gasteiger partial charge is 0.338 e. The van der Waals surface area contributed by atoms with Crippen LogP contribution in [-0.4, -0.2) is 67.8 Å². The molecule has 0 N–H and O–H groups in total. The van der Waals surface area contributed by atoms with Crippen molar-refractivity contribution in [3.8, 4) is 0 Å². The largest absolute Gasteiger partial charge is 0.459 e. The van der Waals surface area contributed by atoms with Gasteiger partial charge in [0.25, 0.3) is 0 Å². The number of benzene rings is 5. The highest BCUT2D eigenvalue weighted by atomic mass is 16.7. The van der Waals surface area contributed by atoms with Crippen molar-refractivity contribution in [3.63, 3.8) is 0 Å². The quantitative estimate of drug-likeness (QED) is 0.0993. The molecular weight excluding hydrogens is 664 g/mol. The first kappa shape index (κ1) is 35.7. The minimum Gasteiger partial charge on any atom is -0.459 e. The Labute approximate surface area is 300 Å². The lowest BCUT2D eigenvalue weighted by Crippen LogP contribution is -2.63. The number of hydrogen-bond acceptors (Lipinski definition) is 10. The van der Waals surface area contributed by atoms with Gasteiger partial charge in [-0.15, -0.1) is 0 Å². The molecule has 0 spiro atoms. The Morgan fingerprint density at radius 1 is 0.462 bits per heavy atom. The minimum absolute atomic E-state index is 0.110. The van der Waals surface area contributed by atoms with Crippen LogP contribution in [-0.2, 0) is 34.8 Å². The summed E-state index contributed by atoms with van der Waals surface area (Å²) in [5.41, 5.74) is 1.88. The predicted octanol–water partition coefficient (Wildman–Crippen LogP) is 6.50. The maximum atomic E-state index is 13.7. The molecule has 6 rings (SSSR count). The van der Waals surface area contributed by atoms with E-state index < -0.39 is 61.2 Å². The van der Waals surface area contributed by atoms with E-state index in [0.717, 1.165) is 5.56 Å². The SMILES string of the molecule is O=C(OC[C@H]1OC(OCCc2ccccc2)[C@@H](OC(=O)c2ccccc2)[C@@H](OC(=O)c2ccccc2)[C@@H]1OC(=O)c1ccccc1)c1ccccc1. The van der Waals surface area contributed by atoms with Crippen LogP contribution in [0.2, 0.25) is 0 Å². The van der Waals surface area contributed by atoms with Gasteiger partial charge in [0.1, 0.15) is 12.7 Å². The van der Waals surface area contributed by atoms with E-state index in [2.05, 4.69) is 0 Å². The van der Waals surface area contributed by atoms with Gasteiger partial charge < -0.3 is 28.4 Å². The predicted molar refractivity (Wildman–Crippen MR) is 188 cm³/mol. The van der Waals surface area contributed by atoms with Gasteiger partial charge in [-0.25, -0.2) is 19.2 Å². The second-order valence-electron chi connectivity index (χ2n) is 11.8. The Morgan fingerprint density at radius 3 is 1.31 bits per heavy atom. The van der Waals surface area contributed by atoms with Gasteiger partial charge in [0.15, 0.2) is 24.6 Å². The van der Waals surface area contributed by atoms with Crippen LogP contribution in [0.25, 0.3) is 0 Å². The lowest BCUT2D eigenvalue weighted by Gasteiger charge is -2.44. The first-order valence-corrected chi connectivity index (χ1v) is 16.8. The van der Waals surface area contributed by atoms with Crippen molar-refractivity contribution < 1.29 is 47.6 Å². The second-order valence-corrected chi connectivity index (χ2v) is 11.8. The van der Waals surface area contributed by atoms with Gasteiger partial charge in [-0.05, 0) is 60.5 Å². The zero-order valence-electron chi connectivity index (χ0n) is 28.0. The third-order valence-corrected chi connectivity index (χ3v) is 8.25. The fourth-order valence-electron chi connectivity index (χ4n) is 5.60. The fourth-order valence-corrected chi connectivity index (χ4v) is 5.60. The van der Waals surface area contributed by atoms with Gasteiger partial charge in [-0.2, -0.15) is 0 Å². The van der Waals surface area contributed by atoms with Gasteiger partial charge in [-0.1, -0.05) is 103 Å². The van der Waals surface area contributed by atoms with Crippen molar-refractivity contribution in [2.45, 2.75) is 37.1 Å². The average Bonchev–Trinajstić information content (AvgIpc) is 3.20.